The van der Waals surface area contributed by atoms with Crippen LogP contribution in [-0.4, -0.2) is 35.3 Å². The van der Waals surface area contributed by atoms with Gasteiger partial charge in [-0.15, -0.1) is 0 Å². The lowest BCUT2D eigenvalue weighted by atomic mass is 9.94. The summed E-state index contributed by atoms with van der Waals surface area (Å²) in [5.41, 5.74) is 1.64. The molecule has 1 N–H and O–H groups in total. The van der Waals surface area contributed by atoms with E-state index < -0.39 is 5.54 Å². The van der Waals surface area contributed by atoms with Gasteiger partial charge in [0.25, 0.3) is 11.8 Å². The van der Waals surface area contributed by atoms with E-state index in [9.17, 15) is 9.59 Å². The highest BCUT2D eigenvalue weighted by atomic mass is 35.5. The predicted molar refractivity (Wildman–Crippen MR) is 110 cm³/mol. The number of benzene rings is 2. The van der Waals surface area contributed by atoms with Gasteiger partial charge in [0.2, 0.25) is 0 Å². The average Bonchev–Trinajstić information content (AvgIpc) is 2.64. The van der Waals surface area contributed by atoms with E-state index in [2.05, 4.69) is 5.32 Å². The first-order chi connectivity index (χ1) is 12.8. The summed E-state index contributed by atoms with van der Waals surface area (Å²) in [6.07, 6.45) is 0.622. The molecule has 0 aliphatic rings. The van der Waals surface area contributed by atoms with Crippen molar-refractivity contribution in [1.82, 2.24) is 10.2 Å². The maximum atomic E-state index is 12.6. The van der Waals surface area contributed by atoms with E-state index in [0.29, 0.717) is 35.7 Å². The summed E-state index contributed by atoms with van der Waals surface area (Å²) in [4.78, 5) is 26.7. The smallest absolute Gasteiger partial charge is 0.253 e. The van der Waals surface area contributed by atoms with E-state index >= 15 is 0 Å². The summed E-state index contributed by atoms with van der Waals surface area (Å²) < 4.78 is 0. The summed E-state index contributed by atoms with van der Waals surface area (Å²) in [5, 5.41) is 3.74. The zero-order valence-corrected chi connectivity index (χ0v) is 17.1. The van der Waals surface area contributed by atoms with Crippen LogP contribution in [0.15, 0.2) is 48.5 Å². The minimum Gasteiger partial charge on any atom is -0.347 e. The second-order valence-electron chi connectivity index (χ2n) is 7.16. The fourth-order valence-corrected chi connectivity index (χ4v) is 3.20. The lowest BCUT2D eigenvalue weighted by Crippen LogP contribution is -2.45. The van der Waals surface area contributed by atoms with Gasteiger partial charge >= 0.3 is 0 Å². The molecular formula is C22H27ClN2O2. The van der Waals surface area contributed by atoms with Gasteiger partial charge in [-0.25, -0.2) is 0 Å². The molecule has 2 rings (SSSR count). The zero-order valence-electron chi connectivity index (χ0n) is 16.4. The van der Waals surface area contributed by atoms with Crippen molar-refractivity contribution in [3.63, 3.8) is 0 Å². The van der Waals surface area contributed by atoms with Crippen molar-refractivity contribution in [1.29, 1.82) is 0 Å². The zero-order chi connectivity index (χ0) is 20.0. The maximum Gasteiger partial charge on any atom is 0.253 e. The standard InChI is InChI=1S/C22H27ClN2O2/c1-5-25(6-2)21(27)17-13-11-16(12-14-17)20(26)24-22(3,4)15-18-9-7-8-10-19(18)23/h7-14H,5-6,15H2,1-4H3,(H,24,26). The Morgan fingerprint density at radius 1 is 0.963 bits per heavy atom. The fourth-order valence-electron chi connectivity index (χ4n) is 3.00. The minimum atomic E-state index is -0.461. The van der Waals surface area contributed by atoms with Gasteiger partial charge < -0.3 is 10.2 Å². The number of hydrogen-bond donors (Lipinski definition) is 1. The van der Waals surface area contributed by atoms with E-state index in [1.165, 1.54) is 0 Å². The van der Waals surface area contributed by atoms with Gasteiger partial charge in [-0.1, -0.05) is 29.8 Å². The van der Waals surface area contributed by atoms with E-state index in [-0.39, 0.29) is 11.8 Å². The molecule has 0 aromatic heterocycles. The summed E-state index contributed by atoms with van der Waals surface area (Å²) in [6, 6.07) is 14.4. The summed E-state index contributed by atoms with van der Waals surface area (Å²) in [6.45, 7) is 9.15. The topological polar surface area (TPSA) is 49.4 Å². The molecule has 2 aromatic carbocycles. The number of hydrogen-bond acceptors (Lipinski definition) is 2. The maximum absolute atomic E-state index is 12.6. The third kappa shape index (κ3) is 5.57. The average molecular weight is 387 g/mol. The number of nitrogens with zero attached hydrogens (tertiary/aromatic N) is 1. The van der Waals surface area contributed by atoms with Crippen LogP contribution in [0.4, 0.5) is 0 Å². The van der Waals surface area contributed by atoms with Gasteiger partial charge in [0.15, 0.2) is 0 Å². The van der Waals surface area contributed by atoms with Gasteiger partial charge in [0.05, 0.1) is 0 Å². The molecule has 27 heavy (non-hydrogen) atoms. The molecular weight excluding hydrogens is 360 g/mol. The van der Waals surface area contributed by atoms with E-state index in [1.807, 2.05) is 52.0 Å². The molecule has 0 heterocycles. The Morgan fingerprint density at radius 3 is 2.07 bits per heavy atom. The summed E-state index contributed by atoms with van der Waals surface area (Å²) in [7, 11) is 0. The van der Waals surface area contributed by atoms with Gasteiger partial charge in [-0.2, -0.15) is 0 Å². The summed E-state index contributed by atoms with van der Waals surface area (Å²) in [5.74, 6) is -0.195. The predicted octanol–water partition coefficient (Wildman–Crippen LogP) is 4.57. The Morgan fingerprint density at radius 2 is 1.52 bits per heavy atom. The lowest BCUT2D eigenvalue weighted by Gasteiger charge is -2.27. The molecule has 0 radical (unpaired) electrons. The Balaban J connectivity index is 2.07. The van der Waals surface area contributed by atoms with Crippen LogP contribution in [0.1, 0.15) is 54.0 Å². The Labute approximate surface area is 166 Å². The van der Waals surface area contributed by atoms with Crippen molar-refractivity contribution in [2.24, 2.45) is 0 Å². The van der Waals surface area contributed by atoms with Crippen molar-refractivity contribution < 1.29 is 9.59 Å². The van der Waals surface area contributed by atoms with Crippen molar-refractivity contribution in [2.75, 3.05) is 13.1 Å². The van der Waals surface area contributed by atoms with Crippen LogP contribution in [0.5, 0.6) is 0 Å². The molecule has 5 heteroatoms. The van der Waals surface area contributed by atoms with E-state index in [1.54, 1.807) is 29.2 Å². The largest absolute Gasteiger partial charge is 0.347 e. The molecule has 4 nitrogen and oxygen atoms in total. The van der Waals surface area contributed by atoms with Gasteiger partial charge in [0, 0.05) is 34.8 Å². The molecule has 2 amide bonds. The van der Waals surface area contributed by atoms with Crippen LogP contribution >= 0.6 is 11.6 Å². The second-order valence-corrected chi connectivity index (χ2v) is 7.57. The van der Waals surface area contributed by atoms with E-state index in [4.69, 9.17) is 11.6 Å². The minimum absolute atomic E-state index is 0.0222. The van der Waals surface area contributed by atoms with Crippen LogP contribution in [0.25, 0.3) is 0 Å². The van der Waals surface area contributed by atoms with E-state index in [0.717, 1.165) is 5.56 Å². The molecule has 0 bridgehead atoms. The lowest BCUT2D eigenvalue weighted by molar-refractivity contribution is 0.0772. The molecule has 0 aliphatic heterocycles. The molecule has 0 unspecified atom stereocenters. The monoisotopic (exact) mass is 386 g/mol. The third-order valence-corrected chi connectivity index (χ3v) is 4.86. The summed E-state index contributed by atoms with van der Waals surface area (Å²) >= 11 is 6.23. The van der Waals surface area contributed by atoms with Crippen LogP contribution in [0.2, 0.25) is 5.02 Å². The highest BCUT2D eigenvalue weighted by Gasteiger charge is 2.23. The Kier molecular flexibility index (Phi) is 7.03. The first-order valence-electron chi connectivity index (χ1n) is 9.22. The first-order valence-corrected chi connectivity index (χ1v) is 9.60. The number of halogens is 1. The highest BCUT2D eigenvalue weighted by molar-refractivity contribution is 6.31. The van der Waals surface area contributed by atoms with Crippen molar-refractivity contribution in [3.05, 3.63) is 70.2 Å². The second kappa shape index (κ2) is 9.05. The third-order valence-electron chi connectivity index (χ3n) is 4.49. The van der Waals surface area contributed by atoms with Crippen LogP contribution < -0.4 is 5.32 Å². The van der Waals surface area contributed by atoms with Crippen molar-refractivity contribution >= 4 is 23.4 Å². The number of amides is 2. The fraction of sp³-hybridized carbons (Fsp3) is 0.364. The quantitative estimate of drug-likeness (QED) is 0.757. The Hall–Kier alpha value is -2.33. The first kappa shape index (κ1) is 21.0. The van der Waals surface area contributed by atoms with Crippen LogP contribution in [-0.2, 0) is 6.42 Å². The molecule has 0 fully saturated rings. The van der Waals surface area contributed by atoms with Crippen LogP contribution in [0.3, 0.4) is 0 Å². The molecule has 2 aromatic rings. The van der Waals surface area contributed by atoms with Gasteiger partial charge in [0.1, 0.15) is 0 Å². The van der Waals surface area contributed by atoms with Crippen LogP contribution in [0, 0.1) is 0 Å². The number of nitrogens with one attached hydrogen (secondary N) is 1. The molecule has 0 spiro atoms. The highest BCUT2D eigenvalue weighted by Crippen LogP contribution is 2.21. The Bertz CT molecular complexity index is 796. The number of rotatable bonds is 7. The molecule has 0 saturated heterocycles. The van der Waals surface area contributed by atoms with Gasteiger partial charge in [-0.3, -0.25) is 9.59 Å². The molecule has 0 atom stereocenters. The number of carbonyl (C=O) groups is 2. The SMILES string of the molecule is CCN(CC)C(=O)c1ccc(C(=O)NC(C)(C)Cc2ccccc2Cl)cc1. The van der Waals surface area contributed by atoms with Crippen molar-refractivity contribution in [2.45, 2.75) is 39.7 Å². The number of carbonyl (C=O) groups excluding carboxylic acids is 2. The van der Waals surface area contributed by atoms with Gasteiger partial charge in [-0.05, 0) is 70.0 Å². The normalized spacial score (nSPS) is 11.1. The molecule has 0 aliphatic carbocycles. The molecule has 144 valence electrons. The van der Waals surface area contributed by atoms with Crippen molar-refractivity contribution in [3.8, 4) is 0 Å². The molecule has 0 saturated carbocycles.